The smallest absolute Gasteiger partial charge is 0.368 e. The molecule has 1 atom stereocenters. The third kappa shape index (κ3) is 3.95. The van der Waals surface area contributed by atoms with E-state index in [2.05, 4.69) is 15.3 Å². The molecule has 2 aliphatic rings. The van der Waals surface area contributed by atoms with Crippen LogP contribution < -0.4 is 5.32 Å². The zero-order valence-electron chi connectivity index (χ0n) is 13.1. The van der Waals surface area contributed by atoms with Gasteiger partial charge in [-0.05, 0) is 25.7 Å². The highest BCUT2D eigenvalue weighted by Gasteiger charge is 2.34. The van der Waals surface area contributed by atoms with Gasteiger partial charge in [-0.1, -0.05) is 0 Å². The largest absolute Gasteiger partial charge is 0.433 e. The van der Waals surface area contributed by atoms with Crippen molar-refractivity contribution in [2.24, 2.45) is 0 Å². The number of hydrogen-bond donors (Lipinski definition) is 1. The zero-order valence-corrected chi connectivity index (χ0v) is 13.1. The first-order valence-corrected chi connectivity index (χ1v) is 7.99. The molecule has 0 aromatic carbocycles. The number of ether oxygens (including phenoxy) is 1. The van der Waals surface area contributed by atoms with E-state index >= 15 is 0 Å². The number of rotatable bonds is 3. The van der Waals surface area contributed by atoms with E-state index in [9.17, 15) is 18.0 Å². The first-order valence-electron chi connectivity index (χ1n) is 7.99. The van der Waals surface area contributed by atoms with Crippen molar-refractivity contribution in [3.8, 4) is 0 Å². The number of carbonyl (C=O) groups is 1. The third-order valence-electron chi connectivity index (χ3n) is 4.32. The molecule has 1 aromatic heterocycles. The highest BCUT2D eigenvalue weighted by molar-refractivity contribution is 5.81. The molecular formula is C15H19F3N4O2. The predicted octanol–water partition coefficient (Wildman–Crippen LogP) is 2.08. The van der Waals surface area contributed by atoms with Gasteiger partial charge in [0.15, 0.2) is 0 Å². The van der Waals surface area contributed by atoms with Crippen LogP contribution in [0.15, 0.2) is 12.4 Å². The molecule has 0 spiro atoms. The van der Waals surface area contributed by atoms with E-state index in [1.54, 1.807) is 4.90 Å². The average molecular weight is 344 g/mol. The van der Waals surface area contributed by atoms with Crippen molar-refractivity contribution in [3.63, 3.8) is 0 Å². The van der Waals surface area contributed by atoms with E-state index in [-0.39, 0.29) is 23.9 Å². The lowest BCUT2D eigenvalue weighted by Gasteiger charge is -2.33. The number of nitrogens with zero attached hydrogens (tertiary/aromatic N) is 3. The van der Waals surface area contributed by atoms with Crippen LogP contribution in [0.1, 0.15) is 31.4 Å². The van der Waals surface area contributed by atoms with Crippen molar-refractivity contribution in [1.29, 1.82) is 0 Å². The maximum Gasteiger partial charge on any atom is 0.433 e. The molecule has 3 rings (SSSR count). The number of anilines is 1. The van der Waals surface area contributed by atoms with Crippen LogP contribution >= 0.6 is 0 Å². The molecule has 2 fully saturated rings. The summed E-state index contributed by atoms with van der Waals surface area (Å²) < 4.78 is 43.4. The fraction of sp³-hybridized carbons (Fsp3) is 0.667. The van der Waals surface area contributed by atoms with Gasteiger partial charge in [-0.15, -0.1) is 0 Å². The van der Waals surface area contributed by atoms with E-state index in [4.69, 9.17) is 4.74 Å². The summed E-state index contributed by atoms with van der Waals surface area (Å²) in [6.45, 7) is 1.75. The normalized spacial score (nSPS) is 22.6. The van der Waals surface area contributed by atoms with Crippen LogP contribution in [0.4, 0.5) is 19.0 Å². The summed E-state index contributed by atoms with van der Waals surface area (Å²) in [6, 6.07) is 0.888. The minimum Gasteiger partial charge on any atom is -0.368 e. The van der Waals surface area contributed by atoms with Gasteiger partial charge in [0.1, 0.15) is 23.9 Å². The van der Waals surface area contributed by atoms with Crippen LogP contribution in [0.25, 0.3) is 0 Å². The minimum absolute atomic E-state index is 0.0190. The first kappa shape index (κ1) is 16.9. The van der Waals surface area contributed by atoms with Gasteiger partial charge >= 0.3 is 6.18 Å². The van der Waals surface area contributed by atoms with E-state index in [0.29, 0.717) is 32.5 Å². The molecule has 2 saturated heterocycles. The highest BCUT2D eigenvalue weighted by atomic mass is 19.4. The van der Waals surface area contributed by atoms with Gasteiger partial charge in [0.05, 0.1) is 0 Å². The Bertz CT molecular complexity index is 582. The van der Waals surface area contributed by atoms with E-state index in [1.165, 1.54) is 0 Å². The monoisotopic (exact) mass is 344 g/mol. The minimum atomic E-state index is -4.49. The van der Waals surface area contributed by atoms with E-state index in [0.717, 1.165) is 25.2 Å². The Balaban J connectivity index is 1.53. The molecule has 0 bridgehead atoms. The maximum atomic E-state index is 12.7. The van der Waals surface area contributed by atoms with Crippen LogP contribution in [0.2, 0.25) is 0 Å². The predicted molar refractivity (Wildman–Crippen MR) is 79.2 cm³/mol. The summed E-state index contributed by atoms with van der Waals surface area (Å²) in [5, 5.41) is 3.00. The number of likely N-dealkylation sites (tertiary alicyclic amines) is 1. The van der Waals surface area contributed by atoms with Gasteiger partial charge in [0.25, 0.3) is 5.91 Å². The molecule has 0 saturated carbocycles. The van der Waals surface area contributed by atoms with E-state index < -0.39 is 11.9 Å². The summed E-state index contributed by atoms with van der Waals surface area (Å²) in [4.78, 5) is 21.1. The third-order valence-corrected chi connectivity index (χ3v) is 4.32. The molecule has 1 aromatic rings. The molecule has 24 heavy (non-hydrogen) atoms. The quantitative estimate of drug-likeness (QED) is 0.909. The molecule has 6 nitrogen and oxygen atoms in total. The van der Waals surface area contributed by atoms with Crippen molar-refractivity contribution < 1.29 is 22.7 Å². The summed E-state index contributed by atoms with van der Waals surface area (Å²) in [5.41, 5.74) is -0.967. The van der Waals surface area contributed by atoms with Gasteiger partial charge < -0.3 is 15.0 Å². The fourth-order valence-electron chi connectivity index (χ4n) is 3.02. The van der Waals surface area contributed by atoms with Gasteiger partial charge in [0.2, 0.25) is 0 Å². The zero-order chi connectivity index (χ0) is 17.2. The second-order valence-electron chi connectivity index (χ2n) is 6.03. The second kappa shape index (κ2) is 6.92. The maximum absolute atomic E-state index is 12.7. The molecule has 0 aliphatic carbocycles. The molecular weight excluding hydrogens is 325 g/mol. The number of nitrogens with one attached hydrogen (secondary N) is 1. The Morgan fingerprint density at radius 3 is 2.62 bits per heavy atom. The Kier molecular flexibility index (Phi) is 4.88. The lowest BCUT2D eigenvalue weighted by atomic mass is 10.0. The van der Waals surface area contributed by atoms with E-state index in [1.807, 2.05) is 0 Å². The molecule has 1 N–H and O–H groups in total. The topological polar surface area (TPSA) is 67.3 Å². The van der Waals surface area contributed by atoms with Crippen LogP contribution in [0.3, 0.4) is 0 Å². The molecule has 9 heteroatoms. The van der Waals surface area contributed by atoms with Crippen molar-refractivity contribution in [2.45, 2.75) is 44.0 Å². The standard InChI is InChI=1S/C15H19F3N4O2/c16-15(17,18)12-8-13(20-9-19-12)21-10-3-5-22(6-4-10)14(23)11-2-1-7-24-11/h8-11H,1-7H2,(H,19,20,21). The van der Waals surface area contributed by atoms with Gasteiger partial charge in [-0.3, -0.25) is 4.79 Å². The Morgan fingerprint density at radius 1 is 1.25 bits per heavy atom. The Labute approximate surface area is 137 Å². The molecule has 132 valence electrons. The molecule has 0 radical (unpaired) electrons. The highest BCUT2D eigenvalue weighted by Crippen LogP contribution is 2.28. The van der Waals surface area contributed by atoms with Gasteiger partial charge in [-0.2, -0.15) is 13.2 Å². The number of piperidine rings is 1. The number of amides is 1. The Morgan fingerprint density at radius 2 is 2.00 bits per heavy atom. The number of hydrogen-bond acceptors (Lipinski definition) is 5. The van der Waals surface area contributed by atoms with Crippen molar-refractivity contribution in [1.82, 2.24) is 14.9 Å². The first-order chi connectivity index (χ1) is 11.4. The SMILES string of the molecule is O=C(C1CCCO1)N1CCC(Nc2cc(C(F)(F)F)ncn2)CC1. The summed E-state index contributed by atoms with van der Waals surface area (Å²) >= 11 is 0. The molecule has 3 heterocycles. The summed E-state index contributed by atoms with van der Waals surface area (Å²) in [5.74, 6) is 0.175. The molecule has 1 amide bonds. The lowest BCUT2D eigenvalue weighted by Crippen LogP contribution is -2.46. The van der Waals surface area contributed by atoms with Crippen molar-refractivity contribution in [2.75, 3.05) is 25.0 Å². The van der Waals surface area contributed by atoms with Crippen LogP contribution in [-0.4, -0.2) is 52.6 Å². The van der Waals surface area contributed by atoms with Gasteiger partial charge in [-0.25, -0.2) is 9.97 Å². The number of aromatic nitrogens is 2. The van der Waals surface area contributed by atoms with Crippen LogP contribution in [0, 0.1) is 0 Å². The lowest BCUT2D eigenvalue weighted by molar-refractivity contribution is -0.142. The second-order valence-corrected chi connectivity index (χ2v) is 6.03. The average Bonchev–Trinajstić information content (AvgIpc) is 3.09. The number of carbonyl (C=O) groups excluding carboxylic acids is 1. The number of halogens is 3. The summed E-state index contributed by atoms with van der Waals surface area (Å²) in [7, 11) is 0. The van der Waals surface area contributed by atoms with Crippen molar-refractivity contribution in [3.05, 3.63) is 18.1 Å². The van der Waals surface area contributed by atoms with Crippen LogP contribution in [-0.2, 0) is 15.7 Å². The molecule has 2 aliphatic heterocycles. The number of alkyl halides is 3. The van der Waals surface area contributed by atoms with Crippen LogP contribution in [0.5, 0.6) is 0 Å². The summed E-state index contributed by atoms with van der Waals surface area (Å²) in [6.07, 6.45) is -0.932. The van der Waals surface area contributed by atoms with Gasteiger partial charge in [0, 0.05) is 31.8 Å². The Hall–Kier alpha value is -1.90. The fourth-order valence-corrected chi connectivity index (χ4v) is 3.02. The molecule has 1 unspecified atom stereocenters. The van der Waals surface area contributed by atoms with Crippen molar-refractivity contribution >= 4 is 11.7 Å².